The van der Waals surface area contributed by atoms with Gasteiger partial charge < -0.3 is 4.90 Å². The van der Waals surface area contributed by atoms with Crippen molar-refractivity contribution in [2.75, 3.05) is 14.1 Å². The van der Waals surface area contributed by atoms with E-state index in [0.29, 0.717) is 5.84 Å². The first-order chi connectivity index (χ1) is 9.31. The van der Waals surface area contributed by atoms with E-state index in [9.17, 15) is 8.78 Å². The number of amidine groups is 1. The molecule has 108 valence electrons. The minimum atomic E-state index is -2.64. The number of alkyl halides is 2. The van der Waals surface area contributed by atoms with E-state index < -0.39 is 11.3 Å². The summed E-state index contributed by atoms with van der Waals surface area (Å²) in [6.45, 7) is 3.59. The van der Waals surface area contributed by atoms with Gasteiger partial charge in [-0.25, -0.2) is 13.8 Å². The van der Waals surface area contributed by atoms with Crippen LogP contribution in [0.5, 0.6) is 0 Å². The largest absolute Gasteiger partial charge is 0.365 e. The Morgan fingerprint density at radius 3 is 2.50 bits per heavy atom. The first-order valence-corrected chi connectivity index (χ1v) is 7.10. The third-order valence-electron chi connectivity index (χ3n) is 3.56. The molecule has 0 amide bonds. The molecule has 1 aromatic rings. The Balaban J connectivity index is 2.53. The first kappa shape index (κ1) is 15.2. The van der Waals surface area contributed by atoms with Crippen LogP contribution in [-0.4, -0.2) is 30.8 Å². The molecule has 0 bridgehead atoms. The van der Waals surface area contributed by atoms with E-state index in [1.54, 1.807) is 4.90 Å². The lowest BCUT2D eigenvalue weighted by atomic mass is 9.61. The number of halogens is 3. The van der Waals surface area contributed by atoms with Crippen molar-refractivity contribution in [3.8, 4) is 0 Å². The van der Waals surface area contributed by atoms with Crippen molar-refractivity contribution in [2.24, 2.45) is 4.99 Å². The summed E-state index contributed by atoms with van der Waals surface area (Å²) in [4.78, 5) is 6.04. The quantitative estimate of drug-likeness (QED) is 0.593. The van der Waals surface area contributed by atoms with E-state index in [-0.39, 0.29) is 12.8 Å². The van der Waals surface area contributed by atoms with Crippen LogP contribution in [-0.2, 0) is 5.41 Å². The number of nitrogens with zero attached hydrogens (tertiary/aromatic N) is 2. The van der Waals surface area contributed by atoms with Gasteiger partial charge in [-0.15, -0.1) is 0 Å². The van der Waals surface area contributed by atoms with Crippen molar-refractivity contribution < 1.29 is 8.78 Å². The van der Waals surface area contributed by atoms with Crippen molar-refractivity contribution in [1.29, 1.82) is 0 Å². The zero-order valence-corrected chi connectivity index (χ0v) is 13.1. The molecule has 20 heavy (non-hydrogen) atoms. The average molecular weight is 343 g/mol. The summed E-state index contributed by atoms with van der Waals surface area (Å²) in [6.07, 6.45) is 0.966. The van der Waals surface area contributed by atoms with E-state index >= 15 is 0 Å². The highest BCUT2D eigenvalue weighted by Gasteiger charge is 2.60. The Bertz CT molecular complexity index is 545. The second-order valence-electron chi connectivity index (χ2n) is 5.33. The molecule has 5 heteroatoms. The topological polar surface area (TPSA) is 15.6 Å². The third-order valence-corrected chi connectivity index (χ3v) is 4.06. The lowest BCUT2D eigenvalue weighted by molar-refractivity contribution is -0.107. The van der Waals surface area contributed by atoms with E-state index in [2.05, 4.69) is 27.5 Å². The summed E-state index contributed by atoms with van der Waals surface area (Å²) in [5.74, 6) is -2.02. The maximum absolute atomic E-state index is 13.6. The Kier molecular flexibility index (Phi) is 4.00. The van der Waals surface area contributed by atoms with Crippen LogP contribution in [0.2, 0.25) is 0 Å². The van der Waals surface area contributed by atoms with Gasteiger partial charge in [-0.1, -0.05) is 34.6 Å². The van der Waals surface area contributed by atoms with Gasteiger partial charge in [0.25, 0.3) is 5.92 Å². The summed E-state index contributed by atoms with van der Waals surface area (Å²) in [7, 11) is 3.64. The summed E-state index contributed by atoms with van der Waals surface area (Å²) < 4.78 is 28.0. The molecule has 0 N–H and O–H groups in total. The molecular weight excluding hydrogens is 326 g/mol. The second kappa shape index (κ2) is 5.28. The monoisotopic (exact) mass is 342 g/mol. The second-order valence-corrected chi connectivity index (χ2v) is 6.25. The van der Waals surface area contributed by atoms with Gasteiger partial charge in [-0.05, 0) is 17.7 Å². The van der Waals surface area contributed by atoms with Gasteiger partial charge >= 0.3 is 0 Å². The summed E-state index contributed by atoms with van der Waals surface area (Å²) >= 11 is 3.40. The van der Waals surface area contributed by atoms with Gasteiger partial charge in [-0.2, -0.15) is 0 Å². The summed E-state index contributed by atoms with van der Waals surface area (Å²) in [5, 5.41) is 0. The first-order valence-electron chi connectivity index (χ1n) is 6.31. The van der Waals surface area contributed by atoms with Crippen molar-refractivity contribution in [1.82, 2.24) is 4.90 Å². The minimum absolute atomic E-state index is 0.221. The molecule has 0 spiro atoms. The highest BCUT2D eigenvalue weighted by Crippen LogP contribution is 2.54. The molecule has 0 radical (unpaired) electrons. The van der Waals surface area contributed by atoms with E-state index in [0.717, 1.165) is 10.0 Å². The highest BCUT2D eigenvalue weighted by atomic mass is 79.9. The Labute approximate surface area is 126 Å². The van der Waals surface area contributed by atoms with E-state index in [1.165, 1.54) is 6.20 Å². The van der Waals surface area contributed by atoms with Crippen LogP contribution in [0.15, 0.2) is 46.5 Å². The molecule has 1 fully saturated rings. The van der Waals surface area contributed by atoms with Crippen molar-refractivity contribution in [3.05, 3.63) is 47.1 Å². The standard InChI is InChI=1S/C15H17BrF2N2/c1-4-19-13(20(2)3)14(9-15(17,18)10-14)11-6-5-7-12(16)8-11/h4-8H,1,9-10H2,2-3H3. The summed E-state index contributed by atoms with van der Waals surface area (Å²) in [6, 6.07) is 7.51. The molecule has 0 aromatic heterocycles. The van der Waals surface area contributed by atoms with Crippen LogP contribution >= 0.6 is 15.9 Å². The number of likely N-dealkylation sites (N-methyl/N-ethyl adjacent to an activating group) is 1. The van der Waals surface area contributed by atoms with Crippen LogP contribution in [0.1, 0.15) is 18.4 Å². The molecule has 0 heterocycles. The van der Waals surface area contributed by atoms with E-state index in [1.807, 2.05) is 38.4 Å². The molecular formula is C15H17BrF2N2. The van der Waals surface area contributed by atoms with Gasteiger partial charge in [0.2, 0.25) is 0 Å². The van der Waals surface area contributed by atoms with Crippen LogP contribution in [0, 0.1) is 0 Å². The van der Waals surface area contributed by atoms with Crippen molar-refractivity contribution >= 4 is 21.8 Å². The lowest BCUT2D eigenvalue weighted by Gasteiger charge is -2.49. The number of aliphatic imine (C=N–C) groups is 1. The number of benzene rings is 1. The van der Waals surface area contributed by atoms with Crippen LogP contribution in [0.4, 0.5) is 8.78 Å². The Morgan fingerprint density at radius 2 is 2.05 bits per heavy atom. The fourth-order valence-corrected chi connectivity index (χ4v) is 3.26. The molecule has 2 nitrogen and oxygen atoms in total. The lowest BCUT2D eigenvalue weighted by Crippen LogP contribution is -2.57. The molecule has 1 aromatic carbocycles. The third kappa shape index (κ3) is 2.64. The molecule has 1 aliphatic carbocycles. The molecule has 1 aliphatic rings. The Morgan fingerprint density at radius 1 is 1.40 bits per heavy atom. The predicted molar refractivity (Wildman–Crippen MR) is 81.3 cm³/mol. The molecule has 2 rings (SSSR count). The summed E-state index contributed by atoms with van der Waals surface area (Å²) in [5.41, 5.74) is 0.109. The smallest absolute Gasteiger partial charge is 0.250 e. The van der Waals surface area contributed by atoms with Gasteiger partial charge in [0.1, 0.15) is 5.84 Å². The van der Waals surface area contributed by atoms with Crippen molar-refractivity contribution in [2.45, 2.75) is 24.2 Å². The SMILES string of the molecule is C=CN=C(N(C)C)C1(c2cccc(Br)c2)CC(F)(F)C1. The number of hydrogen-bond acceptors (Lipinski definition) is 1. The molecule has 0 saturated heterocycles. The van der Waals surface area contributed by atoms with Gasteiger partial charge in [0.05, 0.1) is 5.41 Å². The fourth-order valence-electron chi connectivity index (χ4n) is 2.86. The zero-order valence-electron chi connectivity index (χ0n) is 11.5. The van der Waals surface area contributed by atoms with Gasteiger partial charge in [0, 0.05) is 37.6 Å². The number of rotatable bonds is 3. The molecule has 1 saturated carbocycles. The van der Waals surface area contributed by atoms with E-state index in [4.69, 9.17) is 0 Å². The maximum atomic E-state index is 13.6. The van der Waals surface area contributed by atoms with Gasteiger partial charge in [0.15, 0.2) is 0 Å². The normalized spacial score (nSPS) is 20.1. The van der Waals surface area contributed by atoms with Crippen molar-refractivity contribution in [3.63, 3.8) is 0 Å². The fraction of sp³-hybridized carbons (Fsp3) is 0.400. The van der Waals surface area contributed by atoms with Gasteiger partial charge in [-0.3, -0.25) is 0 Å². The molecule has 0 atom stereocenters. The Hall–Kier alpha value is -1.23. The average Bonchev–Trinajstić information content (AvgIpc) is 2.32. The minimum Gasteiger partial charge on any atom is -0.365 e. The molecule has 0 unspecified atom stereocenters. The maximum Gasteiger partial charge on any atom is 0.250 e. The highest BCUT2D eigenvalue weighted by molar-refractivity contribution is 9.10. The predicted octanol–water partition coefficient (Wildman–Crippen LogP) is 4.22. The number of hydrogen-bond donors (Lipinski definition) is 0. The van der Waals surface area contributed by atoms with Crippen LogP contribution in [0.3, 0.4) is 0 Å². The van der Waals surface area contributed by atoms with Crippen LogP contribution in [0.25, 0.3) is 0 Å². The molecule has 0 aliphatic heterocycles. The van der Waals surface area contributed by atoms with Crippen LogP contribution < -0.4 is 0 Å². The zero-order chi connectivity index (χ0) is 15.0.